The van der Waals surface area contributed by atoms with Gasteiger partial charge in [-0.15, -0.1) is 0 Å². The van der Waals surface area contributed by atoms with Crippen molar-refractivity contribution in [2.45, 2.75) is 88.1 Å². The summed E-state index contributed by atoms with van der Waals surface area (Å²) in [5.41, 5.74) is 4.39. The van der Waals surface area contributed by atoms with Gasteiger partial charge >= 0.3 is 0 Å². The maximum atomic E-state index is 10.2. The molecular weight excluding hydrogens is 306 g/mol. The van der Waals surface area contributed by atoms with E-state index in [1.807, 2.05) is 6.07 Å². The second-order valence-corrected chi connectivity index (χ2v) is 10.2. The zero-order valence-electron chi connectivity index (χ0n) is 15.5. The van der Waals surface area contributed by atoms with E-state index in [-0.39, 0.29) is 0 Å². The first-order chi connectivity index (χ1) is 12.1. The molecule has 1 spiro atoms. The third kappa shape index (κ3) is 1.80. The molecule has 134 valence electrons. The highest BCUT2D eigenvalue weighted by molar-refractivity contribution is 5.50. The Labute approximate surface area is 151 Å². The maximum Gasteiger partial charge on any atom is 0.115 e. The highest BCUT2D eigenvalue weighted by Crippen LogP contribution is 2.77. The van der Waals surface area contributed by atoms with E-state index in [4.69, 9.17) is 0 Å². The Bertz CT molecular complexity index is 740. The number of rotatable bonds is 3. The van der Waals surface area contributed by atoms with E-state index in [1.165, 1.54) is 69.8 Å². The number of phenolic OH excluding ortho intramolecular Hbond substituents is 1. The Morgan fingerprint density at radius 2 is 2.00 bits per heavy atom. The fraction of sp³-hybridized carbons (Fsp3) is 0.739. The second kappa shape index (κ2) is 4.63. The number of benzene rings is 1. The summed E-state index contributed by atoms with van der Waals surface area (Å²) in [6.45, 7) is 2.44. The molecule has 5 aliphatic rings. The van der Waals surface area contributed by atoms with Crippen LogP contribution in [0.25, 0.3) is 0 Å². The quantitative estimate of drug-likeness (QED) is 0.839. The molecule has 0 aromatic heterocycles. The van der Waals surface area contributed by atoms with Crippen molar-refractivity contribution in [1.82, 2.24) is 5.32 Å². The normalized spacial score (nSPS) is 45.1. The Hall–Kier alpha value is -1.02. The van der Waals surface area contributed by atoms with Crippen LogP contribution in [0.5, 0.6) is 5.75 Å². The van der Waals surface area contributed by atoms with Crippen molar-refractivity contribution in [2.24, 2.45) is 17.3 Å². The fourth-order valence-corrected chi connectivity index (χ4v) is 7.82. The first-order valence-electron chi connectivity index (χ1n) is 10.7. The lowest BCUT2D eigenvalue weighted by Gasteiger charge is -2.58. The van der Waals surface area contributed by atoms with E-state index in [0.717, 1.165) is 11.8 Å². The fourth-order valence-electron chi connectivity index (χ4n) is 7.82. The minimum absolute atomic E-state index is 0.370. The molecule has 4 saturated carbocycles. The van der Waals surface area contributed by atoms with Crippen LogP contribution in [-0.4, -0.2) is 16.7 Å². The van der Waals surface area contributed by atoms with Crippen LogP contribution in [0.1, 0.15) is 75.8 Å². The highest BCUT2D eigenvalue weighted by Gasteiger charge is 2.77. The summed E-state index contributed by atoms with van der Waals surface area (Å²) in [5, 5.41) is 14.4. The predicted octanol–water partition coefficient (Wildman–Crippen LogP) is 4.69. The van der Waals surface area contributed by atoms with Crippen molar-refractivity contribution in [1.29, 1.82) is 0 Å². The summed E-state index contributed by atoms with van der Waals surface area (Å²) in [6, 6.07) is 7.01. The lowest BCUT2D eigenvalue weighted by molar-refractivity contribution is 0.0189. The first kappa shape index (κ1) is 15.1. The minimum atomic E-state index is 0.370. The maximum absolute atomic E-state index is 10.2. The number of hydrogen-bond donors (Lipinski definition) is 2. The molecule has 2 N–H and O–H groups in total. The van der Waals surface area contributed by atoms with Gasteiger partial charge in [0.25, 0.3) is 0 Å². The average molecular weight is 338 g/mol. The van der Waals surface area contributed by atoms with Crippen molar-refractivity contribution in [3.63, 3.8) is 0 Å². The molecule has 1 aromatic carbocycles. The van der Waals surface area contributed by atoms with Gasteiger partial charge in [0, 0.05) is 11.6 Å². The van der Waals surface area contributed by atoms with Crippen molar-refractivity contribution in [3.05, 3.63) is 29.3 Å². The van der Waals surface area contributed by atoms with E-state index in [9.17, 15) is 5.11 Å². The molecule has 1 aromatic rings. The van der Waals surface area contributed by atoms with Crippen LogP contribution in [0.3, 0.4) is 0 Å². The molecule has 6 rings (SSSR count). The Balaban J connectivity index is 1.45. The predicted molar refractivity (Wildman–Crippen MR) is 99.8 cm³/mol. The van der Waals surface area contributed by atoms with Crippen LogP contribution in [-0.2, 0) is 11.8 Å². The first-order valence-corrected chi connectivity index (χ1v) is 10.7. The molecular formula is C23H31NO. The Morgan fingerprint density at radius 1 is 1.12 bits per heavy atom. The summed E-state index contributed by atoms with van der Waals surface area (Å²) < 4.78 is 0. The van der Waals surface area contributed by atoms with E-state index in [2.05, 4.69) is 24.4 Å². The largest absolute Gasteiger partial charge is 0.508 e. The van der Waals surface area contributed by atoms with Gasteiger partial charge in [-0.1, -0.05) is 18.9 Å². The number of phenols is 1. The molecule has 0 aliphatic heterocycles. The number of nitrogens with one attached hydrogen (secondary N) is 1. The zero-order chi connectivity index (χ0) is 16.9. The topological polar surface area (TPSA) is 32.3 Å². The molecule has 4 fully saturated rings. The van der Waals surface area contributed by atoms with Crippen molar-refractivity contribution in [3.8, 4) is 5.75 Å². The molecule has 2 heteroatoms. The molecule has 0 saturated heterocycles. The average Bonchev–Trinajstić information content (AvgIpc) is 3.51. The van der Waals surface area contributed by atoms with Crippen molar-refractivity contribution >= 4 is 0 Å². The number of hydrogen-bond acceptors (Lipinski definition) is 2. The lowest BCUT2D eigenvalue weighted by atomic mass is 9.47. The van der Waals surface area contributed by atoms with Gasteiger partial charge in [-0.3, -0.25) is 0 Å². The van der Waals surface area contributed by atoms with Crippen LogP contribution < -0.4 is 5.32 Å². The van der Waals surface area contributed by atoms with Gasteiger partial charge < -0.3 is 10.4 Å². The third-order valence-corrected chi connectivity index (χ3v) is 9.11. The number of fused-ring (bicyclic) bond motifs is 1. The minimum Gasteiger partial charge on any atom is -0.508 e. The van der Waals surface area contributed by atoms with Gasteiger partial charge in [0.1, 0.15) is 5.75 Å². The smallest absolute Gasteiger partial charge is 0.115 e. The zero-order valence-corrected chi connectivity index (χ0v) is 15.5. The van der Waals surface area contributed by atoms with Crippen LogP contribution in [0.15, 0.2) is 18.2 Å². The van der Waals surface area contributed by atoms with E-state index in [0.29, 0.717) is 28.2 Å². The summed E-state index contributed by atoms with van der Waals surface area (Å²) in [5.74, 6) is 2.26. The molecule has 2 bridgehead atoms. The third-order valence-electron chi connectivity index (χ3n) is 9.11. The molecule has 0 amide bonds. The van der Waals surface area contributed by atoms with Crippen LogP contribution >= 0.6 is 0 Å². The van der Waals surface area contributed by atoms with Crippen molar-refractivity contribution in [2.75, 3.05) is 0 Å². The molecule has 0 heterocycles. The lowest BCUT2D eigenvalue weighted by Crippen LogP contribution is -2.58. The van der Waals surface area contributed by atoms with E-state index >= 15 is 0 Å². The summed E-state index contributed by atoms with van der Waals surface area (Å²) in [4.78, 5) is 0. The summed E-state index contributed by atoms with van der Waals surface area (Å²) >= 11 is 0. The second-order valence-electron chi connectivity index (χ2n) is 10.2. The van der Waals surface area contributed by atoms with Gasteiger partial charge in [0.05, 0.1) is 0 Å². The van der Waals surface area contributed by atoms with Crippen molar-refractivity contribution < 1.29 is 5.11 Å². The monoisotopic (exact) mass is 337 g/mol. The van der Waals surface area contributed by atoms with Gasteiger partial charge in [-0.2, -0.15) is 0 Å². The van der Waals surface area contributed by atoms with Gasteiger partial charge in [0.15, 0.2) is 0 Å². The SMILES string of the molecule is C[C@@H](NC12CC[C@]34CCCCC3C1(Cc1ccc(O)cc14)C2)C1CC1. The van der Waals surface area contributed by atoms with Crippen LogP contribution in [0, 0.1) is 17.3 Å². The van der Waals surface area contributed by atoms with Gasteiger partial charge in [-0.25, -0.2) is 0 Å². The van der Waals surface area contributed by atoms with Crippen LogP contribution in [0.4, 0.5) is 0 Å². The van der Waals surface area contributed by atoms with Gasteiger partial charge in [0.2, 0.25) is 0 Å². The molecule has 0 radical (unpaired) electrons. The molecule has 25 heavy (non-hydrogen) atoms. The van der Waals surface area contributed by atoms with Gasteiger partial charge in [-0.05, 0) is 104 Å². The van der Waals surface area contributed by atoms with Crippen LogP contribution in [0.2, 0.25) is 0 Å². The van der Waals surface area contributed by atoms with E-state index in [1.54, 1.807) is 5.56 Å². The molecule has 5 atom stereocenters. The molecule has 5 aliphatic carbocycles. The molecule has 2 nitrogen and oxygen atoms in total. The Kier molecular flexibility index (Phi) is 2.79. The van der Waals surface area contributed by atoms with E-state index < -0.39 is 0 Å². The number of aromatic hydroxyl groups is 1. The summed E-state index contributed by atoms with van der Waals surface area (Å²) in [6.07, 6.45) is 13.8. The highest BCUT2D eigenvalue weighted by atomic mass is 16.3. The molecule has 3 unspecified atom stereocenters. The summed E-state index contributed by atoms with van der Waals surface area (Å²) in [7, 11) is 0. The Morgan fingerprint density at radius 3 is 2.84 bits per heavy atom. The standard InChI is InChI=1S/C23H31NO/c1-15(16-5-6-16)24-23-11-10-21-9-3-2-4-20(21)22(23,14-23)13-17-7-8-18(25)12-19(17)21/h7-8,12,15-16,20,24-25H,2-6,9-11,13-14H2,1H3/t15-,20?,21+,22?,23?/m1/s1.